The summed E-state index contributed by atoms with van der Waals surface area (Å²) in [6.07, 6.45) is 4.38. The van der Waals surface area contributed by atoms with Gasteiger partial charge in [0.2, 0.25) is 0 Å². The lowest BCUT2D eigenvalue weighted by Gasteiger charge is -2.23. The van der Waals surface area contributed by atoms with Crippen molar-refractivity contribution in [1.29, 1.82) is 5.26 Å². The Hall–Kier alpha value is -0.550. The van der Waals surface area contributed by atoms with E-state index in [1.807, 2.05) is 0 Å². The van der Waals surface area contributed by atoms with Gasteiger partial charge in [0.1, 0.15) is 0 Å². The first kappa shape index (κ1) is 9.54. The van der Waals surface area contributed by atoms with Crippen LogP contribution in [0.4, 0.5) is 0 Å². The monoisotopic (exact) mass is 167 g/mol. The minimum atomic E-state index is 0.271. The van der Waals surface area contributed by atoms with Crippen LogP contribution in [0.2, 0.25) is 0 Å². The molecule has 12 heavy (non-hydrogen) atoms. The molecule has 0 N–H and O–H groups in total. The topological polar surface area (TPSA) is 33.0 Å². The van der Waals surface area contributed by atoms with Crippen molar-refractivity contribution < 1.29 is 4.74 Å². The first-order valence-electron chi connectivity index (χ1n) is 4.84. The molecular weight excluding hydrogens is 150 g/mol. The van der Waals surface area contributed by atoms with Crippen molar-refractivity contribution in [2.75, 3.05) is 13.2 Å². The Kier molecular flexibility index (Phi) is 4.10. The van der Waals surface area contributed by atoms with Gasteiger partial charge in [0.05, 0.1) is 6.07 Å². The van der Waals surface area contributed by atoms with Crippen LogP contribution in [0.25, 0.3) is 0 Å². The number of ether oxygens (including phenoxy) is 1. The Morgan fingerprint density at radius 2 is 2.17 bits per heavy atom. The van der Waals surface area contributed by atoms with Gasteiger partial charge in [0.25, 0.3) is 0 Å². The van der Waals surface area contributed by atoms with Crippen LogP contribution in [-0.2, 0) is 4.74 Å². The molecule has 2 heteroatoms. The molecule has 1 saturated heterocycles. The van der Waals surface area contributed by atoms with Crippen LogP contribution in [-0.4, -0.2) is 13.2 Å². The third kappa shape index (κ3) is 2.83. The maximum atomic E-state index is 8.78. The summed E-state index contributed by atoms with van der Waals surface area (Å²) in [6, 6.07) is 2.36. The molecule has 68 valence electrons. The van der Waals surface area contributed by atoms with Gasteiger partial charge in [0, 0.05) is 19.1 Å². The summed E-state index contributed by atoms with van der Waals surface area (Å²) in [7, 11) is 0. The fourth-order valence-electron chi connectivity index (χ4n) is 1.70. The van der Waals surface area contributed by atoms with Crippen molar-refractivity contribution in [3.63, 3.8) is 0 Å². The van der Waals surface area contributed by atoms with E-state index in [1.165, 1.54) is 0 Å². The van der Waals surface area contributed by atoms with Crippen LogP contribution in [0.5, 0.6) is 0 Å². The lowest BCUT2D eigenvalue weighted by Crippen LogP contribution is -2.18. The Morgan fingerprint density at radius 3 is 2.67 bits per heavy atom. The van der Waals surface area contributed by atoms with Gasteiger partial charge in [0.15, 0.2) is 0 Å². The molecule has 1 aliphatic rings. The molecule has 0 spiro atoms. The summed E-state index contributed by atoms with van der Waals surface area (Å²) in [4.78, 5) is 0. The van der Waals surface area contributed by atoms with Crippen LogP contribution in [0, 0.1) is 23.2 Å². The summed E-state index contributed by atoms with van der Waals surface area (Å²) in [5.41, 5.74) is 0. The number of nitriles is 1. The minimum Gasteiger partial charge on any atom is -0.381 e. The molecular formula is C10H17NO. The summed E-state index contributed by atoms with van der Waals surface area (Å²) in [5, 5.41) is 8.78. The van der Waals surface area contributed by atoms with Gasteiger partial charge in [-0.25, -0.2) is 0 Å². The van der Waals surface area contributed by atoms with Gasteiger partial charge >= 0.3 is 0 Å². The van der Waals surface area contributed by atoms with Crippen molar-refractivity contribution in [3.8, 4) is 6.07 Å². The van der Waals surface area contributed by atoms with Crippen LogP contribution < -0.4 is 0 Å². The van der Waals surface area contributed by atoms with Gasteiger partial charge in [-0.15, -0.1) is 0 Å². The van der Waals surface area contributed by atoms with Gasteiger partial charge < -0.3 is 4.74 Å². The van der Waals surface area contributed by atoms with E-state index in [2.05, 4.69) is 13.0 Å². The van der Waals surface area contributed by atoms with E-state index in [0.29, 0.717) is 0 Å². The first-order chi connectivity index (χ1) is 5.86. The number of hydrogen-bond acceptors (Lipinski definition) is 2. The molecule has 0 aliphatic carbocycles. The van der Waals surface area contributed by atoms with E-state index in [1.54, 1.807) is 0 Å². The van der Waals surface area contributed by atoms with Crippen LogP contribution in [0.15, 0.2) is 0 Å². The third-order valence-electron chi connectivity index (χ3n) is 2.63. The normalized spacial score (nSPS) is 21.7. The zero-order valence-electron chi connectivity index (χ0n) is 7.75. The number of rotatable bonds is 3. The highest BCUT2D eigenvalue weighted by Gasteiger charge is 2.17. The minimum absolute atomic E-state index is 0.271. The molecule has 0 amide bonds. The molecule has 1 heterocycles. The summed E-state index contributed by atoms with van der Waals surface area (Å²) < 4.78 is 5.27. The van der Waals surface area contributed by atoms with E-state index in [9.17, 15) is 0 Å². The van der Waals surface area contributed by atoms with Crippen LogP contribution >= 0.6 is 0 Å². The van der Waals surface area contributed by atoms with Crippen LogP contribution in [0.1, 0.15) is 32.6 Å². The van der Waals surface area contributed by atoms with E-state index in [0.717, 1.165) is 44.8 Å². The van der Waals surface area contributed by atoms with Crippen molar-refractivity contribution >= 4 is 0 Å². The van der Waals surface area contributed by atoms with Gasteiger partial charge in [-0.2, -0.15) is 5.26 Å². The summed E-state index contributed by atoms with van der Waals surface area (Å²) >= 11 is 0. The van der Waals surface area contributed by atoms with E-state index in [4.69, 9.17) is 10.00 Å². The van der Waals surface area contributed by atoms with E-state index < -0.39 is 0 Å². The van der Waals surface area contributed by atoms with Gasteiger partial charge in [-0.3, -0.25) is 0 Å². The highest BCUT2D eigenvalue weighted by molar-refractivity contribution is 4.83. The quantitative estimate of drug-likeness (QED) is 0.646. The van der Waals surface area contributed by atoms with Crippen molar-refractivity contribution in [2.24, 2.45) is 11.8 Å². The fourth-order valence-corrected chi connectivity index (χ4v) is 1.70. The van der Waals surface area contributed by atoms with Crippen molar-refractivity contribution in [1.82, 2.24) is 0 Å². The molecule has 1 atom stereocenters. The second kappa shape index (κ2) is 5.16. The highest BCUT2D eigenvalue weighted by Crippen LogP contribution is 2.23. The Morgan fingerprint density at radius 1 is 1.50 bits per heavy atom. The molecule has 0 saturated carbocycles. The largest absolute Gasteiger partial charge is 0.381 e. The molecule has 1 unspecified atom stereocenters. The predicted octanol–water partition coefficient (Wildman–Crippen LogP) is 2.35. The second-order valence-corrected chi connectivity index (χ2v) is 3.53. The molecule has 0 aromatic carbocycles. The van der Waals surface area contributed by atoms with E-state index in [-0.39, 0.29) is 5.92 Å². The molecule has 0 bridgehead atoms. The zero-order valence-corrected chi connectivity index (χ0v) is 7.75. The summed E-state index contributed by atoms with van der Waals surface area (Å²) in [6.45, 7) is 3.88. The second-order valence-electron chi connectivity index (χ2n) is 3.53. The summed E-state index contributed by atoms with van der Waals surface area (Å²) in [5.74, 6) is 1.01. The standard InChI is InChI=1S/C10H17NO/c1-2-9(8-11)7-10-3-5-12-6-4-10/h9-10H,2-7H2,1H3. The lowest BCUT2D eigenvalue weighted by atomic mass is 9.88. The van der Waals surface area contributed by atoms with Crippen molar-refractivity contribution in [2.45, 2.75) is 32.6 Å². The average molecular weight is 167 g/mol. The molecule has 2 nitrogen and oxygen atoms in total. The molecule has 0 aromatic rings. The number of nitrogens with zero attached hydrogens (tertiary/aromatic N) is 1. The third-order valence-corrected chi connectivity index (χ3v) is 2.63. The Labute approximate surface area is 74.5 Å². The smallest absolute Gasteiger partial charge is 0.0655 e. The van der Waals surface area contributed by atoms with Crippen LogP contribution in [0.3, 0.4) is 0 Å². The molecule has 0 aromatic heterocycles. The highest BCUT2D eigenvalue weighted by atomic mass is 16.5. The zero-order chi connectivity index (χ0) is 8.81. The lowest BCUT2D eigenvalue weighted by molar-refractivity contribution is 0.0607. The predicted molar refractivity (Wildman–Crippen MR) is 47.6 cm³/mol. The average Bonchev–Trinajstić information content (AvgIpc) is 2.16. The van der Waals surface area contributed by atoms with Gasteiger partial charge in [-0.1, -0.05) is 6.92 Å². The Bertz CT molecular complexity index is 156. The molecule has 0 radical (unpaired) electrons. The first-order valence-corrected chi connectivity index (χ1v) is 4.84. The Balaban J connectivity index is 2.24. The molecule has 1 fully saturated rings. The SMILES string of the molecule is CCC(C#N)CC1CCOCC1. The molecule has 1 aliphatic heterocycles. The molecule has 1 rings (SSSR count). The number of hydrogen-bond donors (Lipinski definition) is 0. The fraction of sp³-hybridized carbons (Fsp3) is 0.900. The maximum Gasteiger partial charge on any atom is 0.0655 e. The maximum absolute atomic E-state index is 8.78. The van der Waals surface area contributed by atoms with Crippen molar-refractivity contribution in [3.05, 3.63) is 0 Å². The van der Waals surface area contributed by atoms with E-state index >= 15 is 0 Å². The van der Waals surface area contributed by atoms with Gasteiger partial charge in [-0.05, 0) is 31.6 Å².